The molecule has 20 heavy (non-hydrogen) atoms. The van der Waals surface area contributed by atoms with E-state index in [0.29, 0.717) is 5.30 Å². The van der Waals surface area contributed by atoms with Crippen molar-refractivity contribution < 1.29 is 26.5 Å². The second-order valence-corrected chi connectivity index (χ2v) is 7.97. The van der Waals surface area contributed by atoms with Crippen LogP contribution in [0.15, 0.2) is 36.4 Å². The summed E-state index contributed by atoms with van der Waals surface area (Å²) in [5.74, 6) is 0.0673. The summed E-state index contributed by atoms with van der Waals surface area (Å²) in [5.41, 5.74) is 1.74. The molecule has 0 bridgehead atoms. The van der Waals surface area contributed by atoms with Gasteiger partial charge in [-0.2, -0.15) is 0 Å². The van der Waals surface area contributed by atoms with Crippen LogP contribution < -0.4 is 10.6 Å². The first-order chi connectivity index (χ1) is 9.51. The van der Waals surface area contributed by atoms with Gasteiger partial charge in [-0.3, -0.25) is 0 Å². The van der Waals surface area contributed by atoms with Gasteiger partial charge in [0.2, 0.25) is 0 Å². The topological polar surface area (TPSA) is 20.2 Å². The number of aryl methyl sites for hydroxylation is 2. The zero-order chi connectivity index (χ0) is 15.1. The predicted molar refractivity (Wildman–Crippen MR) is 83.3 cm³/mol. The van der Waals surface area contributed by atoms with Crippen LogP contribution in [0.5, 0.6) is 5.75 Å². The fourth-order valence-electron chi connectivity index (χ4n) is 1.68. The Morgan fingerprint density at radius 2 is 1.60 bits per heavy atom. The third-order valence-electron chi connectivity index (χ3n) is 2.72. The Morgan fingerprint density at radius 3 is 2.20 bits per heavy atom. The summed E-state index contributed by atoms with van der Waals surface area (Å²) in [6, 6.07) is 10.6. The second kappa shape index (κ2) is 9.02. The average molecular weight is 367 g/mol. The van der Waals surface area contributed by atoms with Crippen LogP contribution in [-0.4, -0.2) is 5.11 Å². The van der Waals surface area contributed by atoms with Crippen LogP contribution in [-0.2, 0) is 17.0 Å². The van der Waals surface area contributed by atoms with Gasteiger partial charge in [-0.15, -0.1) is 0 Å². The first-order valence-electron chi connectivity index (χ1n) is 5.78. The van der Waals surface area contributed by atoms with E-state index in [1.807, 2.05) is 38.1 Å². The molecule has 1 unspecified atom stereocenters. The van der Waals surface area contributed by atoms with Gasteiger partial charge < -0.3 is 5.11 Å². The van der Waals surface area contributed by atoms with Crippen molar-refractivity contribution in [1.82, 2.24) is 0 Å². The average Bonchev–Trinajstić information content (AvgIpc) is 2.40. The SMILES string of the molecule is Cc1cccc(Pc2c(C)cccc2F)c1O.[Cl][Ti][Cl]. The first-order valence-corrected chi connectivity index (χ1v) is 11.1. The number of aromatic hydroxyl groups is 1. The third-order valence-corrected chi connectivity index (χ3v) is 4.28. The van der Waals surface area contributed by atoms with Crippen LogP contribution in [0, 0.1) is 19.7 Å². The number of phenols is 1. The molecule has 0 saturated carbocycles. The van der Waals surface area contributed by atoms with Gasteiger partial charge in [0.15, 0.2) is 0 Å². The van der Waals surface area contributed by atoms with Crippen molar-refractivity contribution in [2.24, 2.45) is 0 Å². The molecule has 0 aliphatic heterocycles. The Hall–Kier alpha value is -0.106. The van der Waals surface area contributed by atoms with E-state index in [1.165, 1.54) is 6.07 Å². The molecule has 106 valence electrons. The number of hydrogen-bond acceptors (Lipinski definition) is 1. The summed E-state index contributed by atoms with van der Waals surface area (Å²) in [7, 11) is 9.92. The number of hydrogen-bond donors (Lipinski definition) is 1. The Kier molecular flexibility index (Phi) is 8.10. The van der Waals surface area contributed by atoms with E-state index < -0.39 is 17.0 Å². The summed E-state index contributed by atoms with van der Waals surface area (Å²) >= 11 is -0.556. The molecule has 2 aromatic rings. The van der Waals surface area contributed by atoms with E-state index in [-0.39, 0.29) is 20.1 Å². The molecule has 0 saturated heterocycles. The summed E-state index contributed by atoms with van der Waals surface area (Å²) < 4.78 is 13.7. The summed E-state index contributed by atoms with van der Waals surface area (Å²) in [6.45, 7) is 3.73. The van der Waals surface area contributed by atoms with Crippen molar-refractivity contribution in [1.29, 1.82) is 0 Å². The molecule has 0 fully saturated rings. The predicted octanol–water partition coefficient (Wildman–Crippen LogP) is 4.15. The minimum atomic E-state index is -0.556. The van der Waals surface area contributed by atoms with Gasteiger partial charge in [-0.1, -0.05) is 38.9 Å². The van der Waals surface area contributed by atoms with E-state index >= 15 is 0 Å². The summed E-state index contributed by atoms with van der Waals surface area (Å²) in [6.07, 6.45) is 0. The van der Waals surface area contributed by atoms with Crippen LogP contribution >= 0.6 is 27.2 Å². The zero-order valence-corrected chi connectivity index (χ0v) is 15.1. The molecular formula is C14H14Cl2FOPTi. The van der Waals surface area contributed by atoms with Crippen molar-refractivity contribution in [3.8, 4) is 5.75 Å². The summed E-state index contributed by atoms with van der Waals surface area (Å²) in [5, 5.41) is 11.4. The molecule has 0 heterocycles. The van der Waals surface area contributed by atoms with Crippen LogP contribution in [0.3, 0.4) is 0 Å². The van der Waals surface area contributed by atoms with Crippen LogP contribution in [0.4, 0.5) is 4.39 Å². The molecule has 0 radical (unpaired) electrons. The minimum absolute atomic E-state index is 0.145. The molecular weight excluding hydrogens is 353 g/mol. The van der Waals surface area contributed by atoms with Crippen LogP contribution in [0.25, 0.3) is 0 Å². The molecule has 0 aromatic heterocycles. The van der Waals surface area contributed by atoms with E-state index in [0.717, 1.165) is 16.4 Å². The van der Waals surface area contributed by atoms with E-state index in [9.17, 15) is 9.50 Å². The molecule has 1 atom stereocenters. The fourth-order valence-corrected chi connectivity index (χ4v) is 2.93. The Morgan fingerprint density at radius 1 is 1.05 bits per heavy atom. The molecule has 2 rings (SSSR count). The number of benzene rings is 2. The number of phenolic OH excluding ortho intramolecular Hbond substituents is 1. The third kappa shape index (κ3) is 5.02. The fraction of sp³-hybridized carbons (Fsp3) is 0.143. The Balaban J connectivity index is 0.000000612. The maximum atomic E-state index is 13.7. The molecule has 6 heteroatoms. The molecule has 0 aliphatic rings. The van der Waals surface area contributed by atoms with Crippen molar-refractivity contribution in [3.63, 3.8) is 0 Å². The monoisotopic (exact) mass is 366 g/mol. The second-order valence-electron chi connectivity index (χ2n) is 4.10. The van der Waals surface area contributed by atoms with Gasteiger partial charge in [-0.05, 0) is 31.0 Å². The quantitative estimate of drug-likeness (QED) is 0.625. The van der Waals surface area contributed by atoms with Gasteiger partial charge in [0.1, 0.15) is 11.6 Å². The van der Waals surface area contributed by atoms with E-state index in [2.05, 4.69) is 0 Å². The number of halogens is 3. The Bertz CT molecular complexity index is 561. The molecule has 1 N–H and O–H groups in total. The standard InChI is InChI=1S/C14H14FOP.2ClH.Ti/c1-9-5-4-8-12(13(9)16)17-14-10(2)6-3-7-11(14)15;;;/h3-8,16-17H,1-2H3;2*1H;/q;;;+2/p-2. The Labute approximate surface area is 137 Å². The van der Waals surface area contributed by atoms with Crippen LogP contribution in [0.2, 0.25) is 0 Å². The molecule has 0 amide bonds. The van der Waals surface area contributed by atoms with Gasteiger partial charge >= 0.3 is 35.6 Å². The molecule has 1 nitrogen and oxygen atoms in total. The van der Waals surface area contributed by atoms with Crippen molar-refractivity contribution in [2.75, 3.05) is 0 Å². The maximum absolute atomic E-state index is 13.7. The zero-order valence-electron chi connectivity index (χ0n) is 11.0. The van der Waals surface area contributed by atoms with Gasteiger partial charge in [0.05, 0.1) is 0 Å². The van der Waals surface area contributed by atoms with Crippen molar-refractivity contribution in [2.45, 2.75) is 13.8 Å². The molecule has 0 aliphatic carbocycles. The van der Waals surface area contributed by atoms with Crippen molar-refractivity contribution >= 4 is 37.8 Å². The normalized spacial score (nSPS) is 10.2. The number of rotatable bonds is 2. The van der Waals surface area contributed by atoms with Gasteiger partial charge in [0, 0.05) is 10.6 Å². The van der Waals surface area contributed by atoms with Gasteiger partial charge in [-0.25, -0.2) is 4.39 Å². The van der Waals surface area contributed by atoms with Crippen LogP contribution in [0.1, 0.15) is 11.1 Å². The molecule has 2 aromatic carbocycles. The molecule has 0 spiro atoms. The first kappa shape index (κ1) is 17.9. The van der Waals surface area contributed by atoms with Crippen molar-refractivity contribution in [3.05, 3.63) is 53.3 Å². The van der Waals surface area contributed by atoms with E-state index in [4.69, 9.17) is 18.6 Å². The van der Waals surface area contributed by atoms with Gasteiger partial charge in [0.25, 0.3) is 0 Å². The summed E-state index contributed by atoms with van der Waals surface area (Å²) in [4.78, 5) is 0. The van der Waals surface area contributed by atoms with E-state index in [1.54, 1.807) is 6.07 Å². The number of para-hydroxylation sites is 1.